The van der Waals surface area contributed by atoms with Crippen molar-refractivity contribution in [2.24, 2.45) is 45.3 Å². The van der Waals surface area contributed by atoms with Gasteiger partial charge in [-0.1, -0.05) is 46.3 Å². The van der Waals surface area contributed by atoms with E-state index in [9.17, 15) is 30.6 Å². The summed E-state index contributed by atoms with van der Waals surface area (Å²) >= 11 is 0. The van der Waals surface area contributed by atoms with Crippen LogP contribution in [-0.2, 0) is 9.47 Å². The molecule has 0 unspecified atom stereocenters. The van der Waals surface area contributed by atoms with Crippen LogP contribution in [0.1, 0.15) is 113 Å². The Morgan fingerprint density at radius 1 is 0.886 bits per heavy atom. The number of ether oxygens (including phenoxy) is 2. The molecule has 0 radical (unpaired) electrons. The van der Waals surface area contributed by atoms with Crippen LogP contribution in [0.4, 0.5) is 0 Å². The summed E-state index contributed by atoms with van der Waals surface area (Å²) in [7, 11) is 0. The van der Waals surface area contributed by atoms with Crippen LogP contribution < -0.4 is 0 Å². The highest BCUT2D eigenvalue weighted by molar-refractivity contribution is 5.19. The van der Waals surface area contributed by atoms with Crippen molar-refractivity contribution < 1.29 is 40.1 Å². The Balaban J connectivity index is 1.36. The van der Waals surface area contributed by atoms with Gasteiger partial charge in [0.05, 0.1) is 24.4 Å². The molecule has 1 heterocycles. The first-order valence-electron chi connectivity index (χ1n) is 17.3. The van der Waals surface area contributed by atoms with Gasteiger partial charge in [0.15, 0.2) is 6.29 Å². The highest BCUT2D eigenvalue weighted by Gasteiger charge is 2.70. The largest absolute Gasteiger partial charge is 0.394 e. The van der Waals surface area contributed by atoms with Gasteiger partial charge in [-0.05, 0) is 118 Å². The van der Waals surface area contributed by atoms with Crippen LogP contribution in [0.3, 0.4) is 0 Å². The molecule has 5 fully saturated rings. The van der Waals surface area contributed by atoms with Crippen LogP contribution in [0, 0.1) is 45.3 Å². The summed E-state index contributed by atoms with van der Waals surface area (Å²) in [6.45, 7) is 17.3. The van der Waals surface area contributed by atoms with E-state index < -0.39 is 49.0 Å². The van der Waals surface area contributed by atoms with Crippen molar-refractivity contribution in [1.29, 1.82) is 0 Å². The summed E-state index contributed by atoms with van der Waals surface area (Å²) < 4.78 is 12.2. The summed E-state index contributed by atoms with van der Waals surface area (Å²) in [5.74, 6) is 1.22. The molecule has 44 heavy (non-hydrogen) atoms. The fourth-order valence-electron chi connectivity index (χ4n) is 11.8. The molecule has 5 aliphatic rings. The Kier molecular flexibility index (Phi) is 9.35. The molecule has 254 valence electrons. The number of allylic oxidation sites excluding steroid dienone is 2. The van der Waals surface area contributed by atoms with Crippen LogP contribution in [0.15, 0.2) is 11.6 Å². The van der Waals surface area contributed by atoms with Gasteiger partial charge in [0.2, 0.25) is 0 Å². The maximum atomic E-state index is 12.1. The van der Waals surface area contributed by atoms with Crippen molar-refractivity contribution in [3.05, 3.63) is 11.6 Å². The van der Waals surface area contributed by atoms with E-state index in [-0.39, 0.29) is 33.7 Å². The number of aliphatic hydroxyl groups is 6. The molecule has 8 heteroatoms. The molecule has 4 saturated carbocycles. The molecule has 0 bridgehead atoms. The number of rotatable bonds is 7. The van der Waals surface area contributed by atoms with Crippen LogP contribution in [0.5, 0.6) is 0 Å². The third-order valence-corrected chi connectivity index (χ3v) is 14.4. The molecular weight excluding hydrogens is 560 g/mol. The van der Waals surface area contributed by atoms with E-state index in [1.54, 1.807) is 0 Å². The van der Waals surface area contributed by atoms with Gasteiger partial charge in [-0.25, -0.2) is 0 Å². The normalized spacial score (nSPS) is 51.5. The SMILES string of the molecule is CC(C)=CCC[C@@](C)(O)[C@@]1(C)CC[C@]2(C)[C@@H]3CC[C@@H]4C(C)(C)[C@H](O[C@@H]5O[C@H](CO)[C@@H](O)[C@H](O)[C@H]5O)CC[C@]4(C)[C@@H]3C[C@H](O)[C@H]21. The van der Waals surface area contributed by atoms with E-state index in [0.717, 1.165) is 51.4 Å². The van der Waals surface area contributed by atoms with Crippen molar-refractivity contribution in [1.82, 2.24) is 0 Å². The minimum absolute atomic E-state index is 0.00156. The van der Waals surface area contributed by atoms with Crippen LogP contribution in [0.2, 0.25) is 0 Å². The summed E-state index contributed by atoms with van der Waals surface area (Å²) in [4.78, 5) is 0. The summed E-state index contributed by atoms with van der Waals surface area (Å²) in [6.07, 6.45) is 3.17. The van der Waals surface area contributed by atoms with Crippen LogP contribution in [-0.4, -0.2) is 85.8 Å². The quantitative estimate of drug-likeness (QED) is 0.182. The van der Waals surface area contributed by atoms with E-state index in [4.69, 9.17) is 9.47 Å². The Labute approximate surface area is 265 Å². The molecular formula is C36H62O8. The molecule has 5 rings (SSSR count). The molecule has 15 atom stereocenters. The Hall–Kier alpha value is -0.580. The lowest BCUT2D eigenvalue weighted by Crippen LogP contribution is -2.65. The number of aliphatic hydroxyl groups excluding tert-OH is 5. The summed E-state index contributed by atoms with van der Waals surface area (Å²) in [5.41, 5.74) is -0.253. The first kappa shape index (κ1) is 34.7. The molecule has 0 aromatic rings. The van der Waals surface area contributed by atoms with Crippen molar-refractivity contribution in [2.45, 2.75) is 162 Å². The number of hydrogen-bond donors (Lipinski definition) is 6. The van der Waals surface area contributed by atoms with Gasteiger partial charge in [-0.2, -0.15) is 0 Å². The molecule has 1 aliphatic heterocycles. The Bertz CT molecular complexity index is 1070. The van der Waals surface area contributed by atoms with Crippen molar-refractivity contribution in [3.8, 4) is 0 Å². The van der Waals surface area contributed by atoms with Gasteiger partial charge in [0, 0.05) is 5.41 Å². The average Bonchev–Trinajstić information content (AvgIpc) is 3.24. The summed E-state index contributed by atoms with van der Waals surface area (Å²) in [5, 5.41) is 65.0. The standard InChI is InChI=1S/C36H62O8/c1-20(2)10-9-14-36(8,42)35(7)17-16-34(6)21-11-12-25-32(3,4)26(13-15-33(25,5)22(21)18-23(38)30(34)35)44-31-29(41)28(40)27(39)24(19-37)43-31/h10,21-31,37-42H,9,11-19H2,1-8H3/t21-,22-,23+,24-,25-,26-,27-,28+,29-,30-,31+,33-,34-,35+,36-/m1/s1. The van der Waals surface area contributed by atoms with E-state index in [1.807, 2.05) is 6.92 Å². The summed E-state index contributed by atoms with van der Waals surface area (Å²) in [6, 6.07) is 0. The zero-order valence-electron chi connectivity index (χ0n) is 28.5. The third kappa shape index (κ3) is 5.26. The number of hydrogen-bond acceptors (Lipinski definition) is 8. The Morgan fingerprint density at radius 3 is 2.20 bits per heavy atom. The van der Waals surface area contributed by atoms with Crippen molar-refractivity contribution >= 4 is 0 Å². The first-order chi connectivity index (χ1) is 20.3. The van der Waals surface area contributed by atoms with Crippen molar-refractivity contribution in [2.75, 3.05) is 6.61 Å². The minimum Gasteiger partial charge on any atom is -0.394 e. The van der Waals surface area contributed by atoms with Crippen LogP contribution in [0.25, 0.3) is 0 Å². The Morgan fingerprint density at radius 2 is 1.57 bits per heavy atom. The van der Waals surface area contributed by atoms with Gasteiger partial charge >= 0.3 is 0 Å². The third-order valence-electron chi connectivity index (χ3n) is 14.4. The highest BCUT2D eigenvalue weighted by Crippen LogP contribution is 2.73. The predicted molar refractivity (Wildman–Crippen MR) is 168 cm³/mol. The fourth-order valence-corrected chi connectivity index (χ4v) is 11.8. The van der Waals surface area contributed by atoms with Crippen molar-refractivity contribution in [3.63, 3.8) is 0 Å². The van der Waals surface area contributed by atoms with E-state index in [0.29, 0.717) is 24.2 Å². The lowest BCUT2D eigenvalue weighted by Gasteiger charge is -2.67. The minimum atomic E-state index is -1.46. The molecule has 1 saturated heterocycles. The second-order valence-corrected chi connectivity index (χ2v) is 17.3. The first-order valence-corrected chi connectivity index (χ1v) is 17.3. The van der Waals surface area contributed by atoms with E-state index in [2.05, 4.69) is 54.5 Å². The number of fused-ring (bicyclic) bond motifs is 5. The zero-order chi connectivity index (χ0) is 32.6. The smallest absolute Gasteiger partial charge is 0.186 e. The van der Waals surface area contributed by atoms with Gasteiger partial charge in [-0.15, -0.1) is 0 Å². The van der Waals surface area contributed by atoms with E-state index in [1.165, 1.54) is 5.57 Å². The van der Waals surface area contributed by atoms with Gasteiger partial charge < -0.3 is 40.1 Å². The maximum absolute atomic E-state index is 12.1. The van der Waals surface area contributed by atoms with Gasteiger partial charge in [0.1, 0.15) is 24.4 Å². The highest BCUT2D eigenvalue weighted by atomic mass is 16.7. The second kappa shape index (κ2) is 11.8. The molecule has 6 N–H and O–H groups in total. The van der Waals surface area contributed by atoms with Gasteiger partial charge in [-0.3, -0.25) is 0 Å². The van der Waals surface area contributed by atoms with Gasteiger partial charge in [0.25, 0.3) is 0 Å². The molecule has 4 aliphatic carbocycles. The molecule has 8 nitrogen and oxygen atoms in total. The zero-order valence-corrected chi connectivity index (χ0v) is 28.5. The molecule has 0 spiro atoms. The lowest BCUT2D eigenvalue weighted by atomic mass is 9.39. The van der Waals surface area contributed by atoms with E-state index >= 15 is 0 Å². The molecule has 0 aromatic heterocycles. The average molecular weight is 623 g/mol. The maximum Gasteiger partial charge on any atom is 0.186 e. The monoisotopic (exact) mass is 622 g/mol. The molecule has 0 aromatic carbocycles. The molecule has 0 amide bonds. The fraction of sp³-hybridized carbons (Fsp3) is 0.944. The topological polar surface area (TPSA) is 140 Å². The van der Waals surface area contributed by atoms with Crippen LogP contribution >= 0.6 is 0 Å². The second-order valence-electron chi connectivity index (χ2n) is 17.3. The predicted octanol–water partition coefficient (Wildman–Crippen LogP) is 4.32. The lowest BCUT2D eigenvalue weighted by molar-refractivity contribution is -0.330.